The van der Waals surface area contributed by atoms with Crippen LogP contribution in [-0.4, -0.2) is 0 Å². The highest BCUT2D eigenvalue weighted by Crippen LogP contribution is 2.46. The maximum absolute atomic E-state index is 2.42. The van der Waals surface area contributed by atoms with E-state index in [1.54, 1.807) is 0 Å². The minimum atomic E-state index is 1.08. The molecule has 0 unspecified atom stereocenters. The molecule has 314 valence electrons. The van der Waals surface area contributed by atoms with Crippen molar-refractivity contribution in [1.82, 2.24) is 0 Å². The number of anilines is 3. The fourth-order valence-electron chi connectivity index (χ4n) is 9.98. The van der Waals surface area contributed by atoms with Crippen molar-refractivity contribution in [2.75, 3.05) is 4.90 Å². The molecule has 12 rings (SSSR count). The average Bonchev–Trinajstić information content (AvgIpc) is 3.41. The molecule has 1 heteroatoms. The molecule has 0 fully saturated rings. The number of rotatable bonds is 9. The van der Waals surface area contributed by atoms with Gasteiger partial charge in [0.05, 0.1) is 5.69 Å². The summed E-state index contributed by atoms with van der Waals surface area (Å²) in [4.78, 5) is 2.42. The molecule has 0 radical (unpaired) electrons. The normalized spacial score (nSPS) is 11.3. The number of para-hydroxylation sites is 1. The minimum absolute atomic E-state index is 1.08. The molecule has 0 aliphatic heterocycles. The van der Waals surface area contributed by atoms with Crippen LogP contribution in [0.3, 0.4) is 0 Å². The van der Waals surface area contributed by atoms with Gasteiger partial charge in [0.15, 0.2) is 0 Å². The van der Waals surface area contributed by atoms with E-state index in [-0.39, 0.29) is 0 Å². The van der Waals surface area contributed by atoms with Gasteiger partial charge in [-0.1, -0.05) is 237 Å². The van der Waals surface area contributed by atoms with Gasteiger partial charge >= 0.3 is 0 Å². The summed E-state index contributed by atoms with van der Waals surface area (Å²) in [5.74, 6) is 0. The Balaban J connectivity index is 0.953. The summed E-state index contributed by atoms with van der Waals surface area (Å²) >= 11 is 0. The molecule has 0 saturated heterocycles. The van der Waals surface area contributed by atoms with E-state index in [2.05, 4.69) is 278 Å². The van der Waals surface area contributed by atoms with Gasteiger partial charge in [-0.05, 0) is 130 Å². The van der Waals surface area contributed by atoms with Crippen molar-refractivity contribution in [2.24, 2.45) is 0 Å². The summed E-state index contributed by atoms with van der Waals surface area (Å²) in [6.07, 6.45) is 0. The quantitative estimate of drug-likeness (QED) is 0.131. The van der Waals surface area contributed by atoms with Crippen LogP contribution in [0.2, 0.25) is 0 Å². The Kier molecular flexibility index (Phi) is 10.3. The van der Waals surface area contributed by atoms with Crippen molar-refractivity contribution in [1.29, 1.82) is 0 Å². The molecule has 12 aromatic carbocycles. The van der Waals surface area contributed by atoms with E-state index in [1.165, 1.54) is 93.5 Å². The van der Waals surface area contributed by atoms with E-state index in [0.717, 1.165) is 22.6 Å². The number of hydrogen-bond acceptors (Lipinski definition) is 1. The fourth-order valence-corrected chi connectivity index (χ4v) is 9.98. The summed E-state index contributed by atoms with van der Waals surface area (Å²) in [6.45, 7) is 0. The first kappa shape index (κ1) is 39.8. The molecule has 0 atom stereocenters. The van der Waals surface area contributed by atoms with Gasteiger partial charge < -0.3 is 4.90 Å². The Bertz CT molecular complexity index is 3710. The van der Waals surface area contributed by atoms with Gasteiger partial charge in [0.2, 0.25) is 0 Å². The standard InChI is InChI=1S/C66H45N/c1-2-15-49(16-3-1)60-22-8-9-23-62(60)63-24-10-11-25-64(63)65-26-12-13-28-66(65)67(56-42-37-48(38-43-56)53-39-44-61-54(45-53)34-33-51-18-5-7-21-58(51)61)55-40-35-47(36-41-55)46-29-31-52(32-30-46)59-27-14-19-50-17-4-6-20-57(50)59/h1-45H. The predicted octanol–water partition coefficient (Wildman–Crippen LogP) is 18.6. The highest BCUT2D eigenvalue weighted by atomic mass is 15.1. The van der Waals surface area contributed by atoms with Crippen LogP contribution in [0.1, 0.15) is 0 Å². The third-order valence-corrected chi connectivity index (χ3v) is 13.3. The van der Waals surface area contributed by atoms with Gasteiger partial charge in [-0.3, -0.25) is 0 Å². The molecule has 67 heavy (non-hydrogen) atoms. The van der Waals surface area contributed by atoms with Crippen LogP contribution in [-0.2, 0) is 0 Å². The molecular formula is C66H45N. The molecular weight excluding hydrogens is 807 g/mol. The van der Waals surface area contributed by atoms with E-state index in [9.17, 15) is 0 Å². The van der Waals surface area contributed by atoms with Gasteiger partial charge in [0, 0.05) is 16.9 Å². The van der Waals surface area contributed by atoms with Crippen molar-refractivity contribution in [3.8, 4) is 66.8 Å². The largest absolute Gasteiger partial charge is 0.310 e. The number of nitrogens with zero attached hydrogens (tertiary/aromatic N) is 1. The molecule has 0 aromatic heterocycles. The molecule has 1 nitrogen and oxygen atoms in total. The third kappa shape index (κ3) is 7.53. The first-order valence-corrected chi connectivity index (χ1v) is 23.1. The average molecular weight is 852 g/mol. The number of hydrogen-bond donors (Lipinski definition) is 0. The molecule has 0 amide bonds. The van der Waals surface area contributed by atoms with Crippen molar-refractivity contribution < 1.29 is 0 Å². The fraction of sp³-hybridized carbons (Fsp3) is 0. The predicted molar refractivity (Wildman–Crippen MR) is 286 cm³/mol. The highest BCUT2D eigenvalue weighted by molar-refractivity contribution is 6.08. The van der Waals surface area contributed by atoms with E-state index < -0.39 is 0 Å². The Labute approximate surface area is 392 Å². The monoisotopic (exact) mass is 851 g/mol. The lowest BCUT2D eigenvalue weighted by Gasteiger charge is -2.29. The SMILES string of the molecule is c1ccc(-c2ccccc2-c2ccccc2-c2ccccc2N(c2ccc(-c3ccc(-c4cccc5ccccc45)cc3)cc2)c2ccc(-c3ccc4c(ccc5ccccc54)c3)cc2)cc1. The Morgan fingerprint density at radius 3 is 1.28 bits per heavy atom. The van der Waals surface area contributed by atoms with Gasteiger partial charge in [-0.25, -0.2) is 0 Å². The topological polar surface area (TPSA) is 3.24 Å². The van der Waals surface area contributed by atoms with Gasteiger partial charge in [-0.15, -0.1) is 0 Å². The van der Waals surface area contributed by atoms with Gasteiger partial charge in [-0.2, -0.15) is 0 Å². The van der Waals surface area contributed by atoms with Crippen molar-refractivity contribution >= 4 is 49.4 Å². The second kappa shape index (κ2) is 17.3. The maximum Gasteiger partial charge on any atom is 0.0540 e. The number of benzene rings is 12. The minimum Gasteiger partial charge on any atom is -0.310 e. The number of fused-ring (bicyclic) bond motifs is 4. The first-order chi connectivity index (χ1) is 33.2. The van der Waals surface area contributed by atoms with Crippen LogP contribution in [0.25, 0.3) is 99.1 Å². The molecule has 0 heterocycles. The van der Waals surface area contributed by atoms with E-state index in [1.807, 2.05) is 0 Å². The zero-order valence-electron chi connectivity index (χ0n) is 36.9. The third-order valence-electron chi connectivity index (χ3n) is 13.3. The summed E-state index contributed by atoms with van der Waals surface area (Å²) in [5.41, 5.74) is 17.6. The van der Waals surface area contributed by atoms with Crippen LogP contribution in [0.15, 0.2) is 273 Å². The van der Waals surface area contributed by atoms with Crippen LogP contribution in [0.5, 0.6) is 0 Å². The second-order valence-electron chi connectivity index (χ2n) is 17.2. The van der Waals surface area contributed by atoms with Crippen LogP contribution >= 0.6 is 0 Å². The van der Waals surface area contributed by atoms with Crippen LogP contribution < -0.4 is 4.90 Å². The molecule has 0 bridgehead atoms. The Hall–Kier alpha value is -8.78. The maximum atomic E-state index is 2.42. The zero-order chi connectivity index (χ0) is 44.5. The summed E-state index contributed by atoms with van der Waals surface area (Å²) in [7, 11) is 0. The van der Waals surface area contributed by atoms with Crippen molar-refractivity contribution in [3.63, 3.8) is 0 Å². The zero-order valence-corrected chi connectivity index (χ0v) is 36.9. The molecule has 0 spiro atoms. The van der Waals surface area contributed by atoms with Gasteiger partial charge in [0.25, 0.3) is 0 Å². The molecule has 0 aliphatic rings. The van der Waals surface area contributed by atoms with Crippen molar-refractivity contribution in [2.45, 2.75) is 0 Å². The molecule has 12 aromatic rings. The molecule has 0 saturated carbocycles. The highest BCUT2D eigenvalue weighted by Gasteiger charge is 2.21. The second-order valence-corrected chi connectivity index (χ2v) is 17.2. The lowest BCUT2D eigenvalue weighted by atomic mass is 9.88. The smallest absolute Gasteiger partial charge is 0.0540 e. The summed E-state index contributed by atoms with van der Waals surface area (Å²) in [6, 6.07) is 99.4. The lowest BCUT2D eigenvalue weighted by Crippen LogP contribution is -2.11. The van der Waals surface area contributed by atoms with Gasteiger partial charge in [0.1, 0.15) is 0 Å². The molecule has 0 aliphatic carbocycles. The lowest BCUT2D eigenvalue weighted by molar-refractivity contribution is 1.28. The molecule has 0 N–H and O–H groups in total. The van der Waals surface area contributed by atoms with Crippen LogP contribution in [0.4, 0.5) is 17.1 Å². The summed E-state index contributed by atoms with van der Waals surface area (Å²) < 4.78 is 0. The van der Waals surface area contributed by atoms with E-state index in [0.29, 0.717) is 0 Å². The van der Waals surface area contributed by atoms with E-state index in [4.69, 9.17) is 0 Å². The Morgan fingerprint density at radius 2 is 0.597 bits per heavy atom. The van der Waals surface area contributed by atoms with Crippen molar-refractivity contribution in [3.05, 3.63) is 273 Å². The van der Waals surface area contributed by atoms with Crippen LogP contribution in [0, 0.1) is 0 Å². The summed E-state index contributed by atoms with van der Waals surface area (Å²) in [5, 5.41) is 7.58. The first-order valence-electron chi connectivity index (χ1n) is 23.1. The Morgan fingerprint density at radius 1 is 0.194 bits per heavy atom. The van der Waals surface area contributed by atoms with E-state index >= 15 is 0 Å².